The van der Waals surface area contributed by atoms with E-state index in [9.17, 15) is 0 Å². The van der Waals surface area contributed by atoms with Crippen molar-refractivity contribution in [3.05, 3.63) is 40.3 Å². The molecule has 3 aromatic heterocycles. The largest absolute Gasteiger partial charge is 0.480 e. The third kappa shape index (κ3) is 2.06. The summed E-state index contributed by atoms with van der Waals surface area (Å²) in [6.07, 6.45) is 4.96. The van der Waals surface area contributed by atoms with Gasteiger partial charge in [-0.3, -0.25) is 4.57 Å². The lowest BCUT2D eigenvalue weighted by Crippen LogP contribution is -1.97. The maximum absolute atomic E-state index is 5.99. The molecule has 96 valence electrons. The molecule has 5 nitrogen and oxygen atoms in total. The normalized spacial score (nSPS) is 10.9. The second kappa shape index (κ2) is 4.79. The van der Waals surface area contributed by atoms with E-state index >= 15 is 0 Å². The molecule has 0 atom stereocenters. The molecule has 0 saturated carbocycles. The monoisotopic (exact) mass is 338 g/mol. The minimum Gasteiger partial charge on any atom is -0.480 e. The van der Waals surface area contributed by atoms with Crippen molar-refractivity contribution in [2.24, 2.45) is 0 Å². The number of ether oxygens (including phenoxy) is 1. The topological polar surface area (TPSA) is 52.8 Å². The fraction of sp³-hybridized carbons (Fsp3) is 0.0833. The first-order valence-electron chi connectivity index (χ1n) is 5.38. The predicted molar refractivity (Wildman–Crippen MR) is 75.9 cm³/mol. The highest BCUT2D eigenvalue weighted by Gasteiger charge is 2.15. The highest BCUT2D eigenvalue weighted by Crippen LogP contribution is 2.32. The highest BCUT2D eigenvalue weighted by molar-refractivity contribution is 9.10. The summed E-state index contributed by atoms with van der Waals surface area (Å²) >= 11 is 9.47. The van der Waals surface area contributed by atoms with E-state index in [4.69, 9.17) is 16.3 Å². The lowest BCUT2D eigenvalue weighted by atomic mass is 10.4. The van der Waals surface area contributed by atoms with Gasteiger partial charge in [0.2, 0.25) is 5.88 Å². The summed E-state index contributed by atoms with van der Waals surface area (Å²) in [6, 6.07) is 3.49. The Kier molecular flexibility index (Phi) is 3.12. The molecule has 3 heterocycles. The molecule has 0 bridgehead atoms. The number of fused-ring (bicyclic) bond motifs is 1. The second-order valence-corrected chi connectivity index (χ2v) is 5.05. The fourth-order valence-corrected chi connectivity index (χ4v) is 2.55. The van der Waals surface area contributed by atoms with Gasteiger partial charge < -0.3 is 4.74 Å². The zero-order valence-corrected chi connectivity index (χ0v) is 12.2. The van der Waals surface area contributed by atoms with Gasteiger partial charge in [0, 0.05) is 23.5 Å². The van der Waals surface area contributed by atoms with Crippen LogP contribution in [0.5, 0.6) is 5.88 Å². The zero-order chi connectivity index (χ0) is 13.4. The fourth-order valence-electron chi connectivity index (χ4n) is 1.85. The first kappa shape index (κ1) is 12.4. The Morgan fingerprint density at radius 3 is 2.89 bits per heavy atom. The molecule has 0 aliphatic heterocycles. The molecule has 0 aliphatic carbocycles. The average molecular weight is 340 g/mol. The third-order valence-corrected chi connectivity index (χ3v) is 3.49. The van der Waals surface area contributed by atoms with Crippen LogP contribution in [0.2, 0.25) is 5.02 Å². The standard InChI is InChI=1S/C12H8BrClN4O/c1-19-12-10-8(13)5-18(11(10)16-6-17-12)9-4-7(14)2-3-15-9/h2-6H,1H3. The van der Waals surface area contributed by atoms with Gasteiger partial charge in [-0.25, -0.2) is 15.0 Å². The summed E-state index contributed by atoms with van der Waals surface area (Å²) in [4.78, 5) is 12.6. The first-order chi connectivity index (χ1) is 9.20. The molecule has 0 aliphatic rings. The lowest BCUT2D eigenvalue weighted by molar-refractivity contribution is 0.402. The van der Waals surface area contributed by atoms with E-state index in [1.54, 1.807) is 25.4 Å². The summed E-state index contributed by atoms with van der Waals surface area (Å²) in [5, 5.41) is 1.41. The molecule has 0 fully saturated rings. The molecule has 0 unspecified atom stereocenters. The minimum atomic E-state index is 0.512. The van der Waals surface area contributed by atoms with Gasteiger partial charge in [0.05, 0.1) is 17.0 Å². The van der Waals surface area contributed by atoms with Gasteiger partial charge in [0.15, 0.2) is 5.65 Å². The quantitative estimate of drug-likeness (QED) is 0.719. The van der Waals surface area contributed by atoms with E-state index in [1.807, 2.05) is 10.8 Å². The summed E-state index contributed by atoms with van der Waals surface area (Å²) < 4.78 is 7.90. The van der Waals surface area contributed by atoms with Gasteiger partial charge in [0.25, 0.3) is 0 Å². The number of hydrogen-bond acceptors (Lipinski definition) is 4. The number of pyridine rings is 1. The molecular weight excluding hydrogens is 332 g/mol. The molecule has 19 heavy (non-hydrogen) atoms. The van der Waals surface area contributed by atoms with Crippen LogP contribution in [0.4, 0.5) is 0 Å². The molecule has 7 heteroatoms. The van der Waals surface area contributed by atoms with Crippen LogP contribution in [0.25, 0.3) is 16.9 Å². The zero-order valence-electron chi connectivity index (χ0n) is 9.84. The van der Waals surface area contributed by atoms with Gasteiger partial charge >= 0.3 is 0 Å². The Labute approximate surface area is 122 Å². The highest BCUT2D eigenvalue weighted by atomic mass is 79.9. The smallest absolute Gasteiger partial charge is 0.227 e. The van der Waals surface area contributed by atoms with Crippen LogP contribution in [-0.2, 0) is 0 Å². The summed E-state index contributed by atoms with van der Waals surface area (Å²) in [6.45, 7) is 0. The maximum Gasteiger partial charge on any atom is 0.227 e. The van der Waals surface area contributed by atoms with E-state index in [0.29, 0.717) is 22.4 Å². The summed E-state index contributed by atoms with van der Waals surface area (Å²) in [5.41, 5.74) is 0.702. The van der Waals surface area contributed by atoms with Crippen molar-refractivity contribution in [3.8, 4) is 11.7 Å². The van der Waals surface area contributed by atoms with Crippen LogP contribution in [0.15, 0.2) is 35.3 Å². The molecule has 3 rings (SSSR count). The van der Waals surface area contributed by atoms with Crippen molar-refractivity contribution in [1.82, 2.24) is 19.5 Å². The molecule has 0 aromatic carbocycles. The van der Waals surface area contributed by atoms with Crippen LogP contribution in [0.1, 0.15) is 0 Å². The molecule has 3 aromatic rings. The van der Waals surface area contributed by atoms with Crippen molar-refractivity contribution in [3.63, 3.8) is 0 Å². The Bertz CT molecular complexity index is 759. The molecule has 0 radical (unpaired) electrons. The van der Waals surface area contributed by atoms with Gasteiger partial charge in [-0.2, -0.15) is 0 Å². The number of rotatable bonds is 2. The average Bonchev–Trinajstić information content (AvgIpc) is 2.76. The van der Waals surface area contributed by atoms with Gasteiger partial charge in [-0.05, 0) is 22.0 Å². The van der Waals surface area contributed by atoms with Crippen LogP contribution in [0, 0.1) is 0 Å². The van der Waals surface area contributed by atoms with Crippen LogP contribution < -0.4 is 4.74 Å². The summed E-state index contributed by atoms with van der Waals surface area (Å²) in [7, 11) is 1.57. The Hall–Kier alpha value is -1.66. The Morgan fingerprint density at radius 2 is 2.16 bits per heavy atom. The number of halogens is 2. The molecule has 0 spiro atoms. The van der Waals surface area contributed by atoms with E-state index in [2.05, 4.69) is 30.9 Å². The number of methoxy groups -OCH3 is 1. The van der Waals surface area contributed by atoms with Gasteiger partial charge in [-0.1, -0.05) is 11.6 Å². The lowest BCUT2D eigenvalue weighted by Gasteiger charge is -2.04. The van der Waals surface area contributed by atoms with Crippen molar-refractivity contribution >= 4 is 38.6 Å². The van der Waals surface area contributed by atoms with E-state index in [1.165, 1.54) is 6.33 Å². The Morgan fingerprint density at radius 1 is 1.32 bits per heavy atom. The van der Waals surface area contributed by atoms with E-state index in [0.717, 1.165) is 9.86 Å². The molecule has 0 saturated heterocycles. The predicted octanol–water partition coefficient (Wildman–Crippen LogP) is 3.24. The van der Waals surface area contributed by atoms with Crippen molar-refractivity contribution < 1.29 is 4.74 Å². The van der Waals surface area contributed by atoms with Gasteiger partial charge in [0.1, 0.15) is 12.1 Å². The van der Waals surface area contributed by atoms with Crippen LogP contribution in [0.3, 0.4) is 0 Å². The molecular formula is C12H8BrClN4O. The van der Waals surface area contributed by atoms with Crippen molar-refractivity contribution in [2.45, 2.75) is 0 Å². The molecule has 0 N–H and O–H groups in total. The summed E-state index contributed by atoms with van der Waals surface area (Å²) in [5.74, 6) is 1.20. The van der Waals surface area contributed by atoms with E-state index < -0.39 is 0 Å². The third-order valence-electron chi connectivity index (χ3n) is 2.65. The van der Waals surface area contributed by atoms with Crippen LogP contribution >= 0.6 is 27.5 Å². The van der Waals surface area contributed by atoms with Crippen LogP contribution in [-0.4, -0.2) is 26.6 Å². The number of aromatic nitrogens is 4. The van der Waals surface area contributed by atoms with E-state index in [-0.39, 0.29) is 0 Å². The minimum absolute atomic E-state index is 0.512. The Balaban J connectivity index is 2.31. The number of nitrogens with zero attached hydrogens (tertiary/aromatic N) is 4. The van der Waals surface area contributed by atoms with Gasteiger partial charge in [-0.15, -0.1) is 0 Å². The van der Waals surface area contributed by atoms with Crippen molar-refractivity contribution in [1.29, 1.82) is 0 Å². The SMILES string of the molecule is COc1ncnc2c1c(Br)cn2-c1cc(Cl)ccn1. The first-order valence-corrected chi connectivity index (χ1v) is 6.55. The van der Waals surface area contributed by atoms with Crippen molar-refractivity contribution in [2.75, 3.05) is 7.11 Å². The molecule has 0 amide bonds. The second-order valence-electron chi connectivity index (χ2n) is 3.76. The maximum atomic E-state index is 5.99. The number of hydrogen-bond donors (Lipinski definition) is 0.